The van der Waals surface area contributed by atoms with Gasteiger partial charge in [-0.05, 0) is 75.1 Å². The number of anilines is 1. The minimum atomic E-state index is -0.629. The summed E-state index contributed by atoms with van der Waals surface area (Å²) in [5, 5.41) is 27.1. The standard InChI is InChI=1S/C36H34N6O6/c1-4-47-36(44)29-15-14-28(42(45)46)17-31(29)33-19-30(23(2)39(33)3)35(43)40(22-26-10-6-5-9-24(26)20-37)27-13-12-25-21-38-41(32(25)18-27)34-11-7-8-16-48-34/h5-6,9-10,12-15,17-19,21,34H,4,7-8,11,16,22H2,1-3H3. The van der Waals surface area contributed by atoms with Gasteiger partial charge in [0.05, 0.1) is 52.5 Å². The van der Waals surface area contributed by atoms with Gasteiger partial charge in [0.2, 0.25) is 0 Å². The molecule has 3 heterocycles. The lowest BCUT2D eigenvalue weighted by atomic mass is 10.0. The van der Waals surface area contributed by atoms with E-state index in [1.807, 2.05) is 35.0 Å². The molecule has 5 aromatic rings. The van der Waals surface area contributed by atoms with Gasteiger partial charge in [0.15, 0.2) is 6.23 Å². The molecule has 1 saturated heterocycles. The number of benzene rings is 3. The van der Waals surface area contributed by atoms with Gasteiger partial charge in [-0.15, -0.1) is 0 Å². The monoisotopic (exact) mass is 646 g/mol. The molecule has 1 aliphatic rings. The molecule has 12 nitrogen and oxygen atoms in total. The normalized spacial score (nSPS) is 14.4. The molecule has 1 fully saturated rings. The Hall–Kier alpha value is -5.80. The minimum absolute atomic E-state index is 0.0939. The topological polar surface area (TPSA) is 146 Å². The largest absolute Gasteiger partial charge is 0.462 e. The van der Waals surface area contributed by atoms with Crippen molar-refractivity contribution in [3.63, 3.8) is 0 Å². The zero-order valence-electron chi connectivity index (χ0n) is 26.9. The van der Waals surface area contributed by atoms with E-state index >= 15 is 0 Å². The second kappa shape index (κ2) is 13.5. The molecule has 12 heteroatoms. The van der Waals surface area contributed by atoms with E-state index in [1.54, 1.807) is 54.8 Å². The Morgan fingerprint density at radius 2 is 1.94 bits per heavy atom. The van der Waals surface area contributed by atoms with Gasteiger partial charge in [-0.25, -0.2) is 9.48 Å². The predicted molar refractivity (Wildman–Crippen MR) is 178 cm³/mol. The maximum Gasteiger partial charge on any atom is 0.338 e. The highest BCUT2D eigenvalue weighted by atomic mass is 16.6. The highest BCUT2D eigenvalue weighted by molar-refractivity contribution is 6.09. The molecule has 3 aromatic carbocycles. The first-order chi connectivity index (χ1) is 23.2. The van der Waals surface area contributed by atoms with E-state index in [1.165, 1.54) is 18.2 Å². The van der Waals surface area contributed by atoms with Gasteiger partial charge < -0.3 is 18.9 Å². The Kier molecular flexibility index (Phi) is 9.05. The maximum atomic E-state index is 14.7. The molecule has 1 unspecified atom stereocenters. The van der Waals surface area contributed by atoms with Crippen LogP contribution in [-0.4, -0.2) is 44.4 Å². The third-order valence-corrected chi connectivity index (χ3v) is 8.78. The summed E-state index contributed by atoms with van der Waals surface area (Å²) in [5.41, 5.74) is 4.06. The molecule has 0 N–H and O–H groups in total. The molecule has 2 aromatic heterocycles. The van der Waals surface area contributed by atoms with E-state index in [0.717, 1.165) is 30.2 Å². The zero-order chi connectivity index (χ0) is 33.9. The molecular formula is C36H34N6O6. The van der Waals surface area contributed by atoms with Crippen LogP contribution in [0.5, 0.6) is 0 Å². The number of nitro benzene ring substituents is 1. The van der Waals surface area contributed by atoms with Crippen molar-refractivity contribution in [1.29, 1.82) is 5.26 Å². The zero-order valence-corrected chi connectivity index (χ0v) is 26.9. The van der Waals surface area contributed by atoms with Gasteiger partial charge in [-0.3, -0.25) is 14.9 Å². The number of rotatable bonds is 9. The van der Waals surface area contributed by atoms with Gasteiger partial charge in [0.25, 0.3) is 11.6 Å². The smallest absolute Gasteiger partial charge is 0.338 e. The number of nitriles is 1. The summed E-state index contributed by atoms with van der Waals surface area (Å²) < 4.78 is 14.9. The first-order valence-electron chi connectivity index (χ1n) is 15.7. The van der Waals surface area contributed by atoms with E-state index in [9.17, 15) is 25.0 Å². The van der Waals surface area contributed by atoms with Gasteiger partial charge in [-0.1, -0.05) is 18.2 Å². The average molecular weight is 647 g/mol. The second-order valence-corrected chi connectivity index (χ2v) is 11.6. The summed E-state index contributed by atoms with van der Waals surface area (Å²) in [5.74, 6) is -0.986. The Bertz CT molecular complexity index is 2080. The average Bonchev–Trinajstić information content (AvgIpc) is 3.67. The molecular weight excluding hydrogens is 612 g/mol. The van der Waals surface area contributed by atoms with Crippen LogP contribution in [-0.2, 0) is 23.1 Å². The minimum Gasteiger partial charge on any atom is -0.462 e. The van der Waals surface area contributed by atoms with Crippen LogP contribution >= 0.6 is 0 Å². The number of hydrogen-bond acceptors (Lipinski definition) is 8. The summed E-state index contributed by atoms with van der Waals surface area (Å²) in [6, 6.07) is 20.6. The lowest BCUT2D eigenvalue weighted by Crippen LogP contribution is -2.31. The fraction of sp³-hybridized carbons (Fsp3) is 0.278. The molecule has 244 valence electrons. The summed E-state index contributed by atoms with van der Waals surface area (Å²) in [7, 11) is 1.74. The van der Waals surface area contributed by atoms with Crippen molar-refractivity contribution in [2.45, 2.75) is 45.9 Å². The molecule has 0 radical (unpaired) electrons. The number of nitro groups is 1. The van der Waals surface area contributed by atoms with Crippen LogP contribution in [0.3, 0.4) is 0 Å². The van der Waals surface area contributed by atoms with Crippen LogP contribution in [0, 0.1) is 28.4 Å². The van der Waals surface area contributed by atoms with Crippen molar-refractivity contribution in [2.75, 3.05) is 18.1 Å². The van der Waals surface area contributed by atoms with Gasteiger partial charge in [0, 0.05) is 53.8 Å². The summed E-state index contributed by atoms with van der Waals surface area (Å²) >= 11 is 0. The van der Waals surface area contributed by atoms with E-state index in [2.05, 4.69) is 11.2 Å². The highest BCUT2D eigenvalue weighted by Crippen LogP contribution is 2.34. The van der Waals surface area contributed by atoms with E-state index in [-0.39, 0.29) is 42.1 Å². The van der Waals surface area contributed by atoms with Crippen molar-refractivity contribution in [3.8, 4) is 17.3 Å². The molecule has 0 aliphatic carbocycles. The molecule has 0 saturated carbocycles. The number of hydrogen-bond donors (Lipinski definition) is 0. The van der Waals surface area contributed by atoms with Crippen molar-refractivity contribution in [1.82, 2.24) is 14.3 Å². The van der Waals surface area contributed by atoms with Crippen molar-refractivity contribution in [2.24, 2.45) is 7.05 Å². The second-order valence-electron chi connectivity index (χ2n) is 11.6. The number of carbonyl (C=O) groups excluding carboxylic acids is 2. The van der Waals surface area contributed by atoms with Crippen LogP contribution in [0.25, 0.3) is 22.2 Å². The number of fused-ring (bicyclic) bond motifs is 1. The highest BCUT2D eigenvalue weighted by Gasteiger charge is 2.28. The molecule has 1 atom stereocenters. The Balaban J connectivity index is 1.48. The quantitative estimate of drug-likeness (QED) is 0.0960. The molecule has 0 bridgehead atoms. The fourth-order valence-electron chi connectivity index (χ4n) is 6.12. The lowest BCUT2D eigenvalue weighted by Gasteiger charge is -2.25. The first-order valence-corrected chi connectivity index (χ1v) is 15.7. The van der Waals surface area contributed by atoms with Crippen LogP contribution in [0.4, 0.5) is 11.4 Å². The summed E-state index contributed by atoms with van der Waals surface area (Å²) in [4.78, 5) is 40.4. The Labute approximate surface area is 276 Å². The number of ether oxygens (including phenoxy) is 2. The van der Waals surface area contributed by atoms with Crippen molar-refractivity contribution < 1.29 is 24.0 Å². The number of aromatic nitrogens is 3. The van der Waals surface area contributed by atoms with Gasteiger partial charge >= 0.3 is 5.97 Å². The van der Waals surface area contributed by atoms with E-state index < -0.39 is 10.9 Å². The van der Waals surface area contributed by atoms with Crippen molar-refractivity contribution >= 4 is 34.2 Å². The molecule has 1 aliphatic heterocycles. The molecule has 6 rings (SSSR count). The third-order valence-electron chi connectivity index (χ3n) is 8.78. The molecule has 1 amide bonds. The van der Waals surface area contributed by atoms with Crippen LogP contribution < -0.4 is 4.90 Å². The Morgan fingerprint density at radius 3 is 2.67 bits per heavy atom. The first kappa shape index (κ1) is 32.2. The van der Waals surface area contributed by atoms with Crippen molar-refractivity contribution in [3.05, 3.63) is 111 Å². The summed E-state index contributed by atoms with van der Waals surface area (Å²) in [6.45, 7) is 4.33. The third kappa shape index (κ3) is 6.03. The predicted octanol–water partition coefficient (Wildman–Crippen LogP) is 6.85. The number of carbonyl (C=O) groups is 2. The Morgan fingerprint density at radius 1 is 1.12 bits per heavy atom. The van der Waals surface area contributed by atoms with Crippen LogP contribution in [0.15, 0.2) is 72.9 Å². The van der Waals surface area contributed by atoms with E-state index in [4.69, 9.17) is 9.47 Å². The van der Waals surface area contributed by atoms with E-state index in [0.29, 0.717) is 40.4 Å². The van der Waals surface area contributed by atoms with Crippen LogP contribution in [0.1, 0.15) is 70.0 Å². The van der Waals surface area contributed by atoms with Crippen LogP contribution in [0.2, 0.25) is 0 Å². The number of non-ortho nitro benzene ring substituents is 1. The number of esters is 1. The summed E-state index contributed by atoms with van der Waals surface area (Å²) in [6.07, 6.45) is 4.42. The maximum absolute atomic E-state index is 14.7. The number of amides is 1. The number of nitrogens with zero attached hydrogens (tertiary/aromatic N) is 6. The van der Waals surface area contributed by atoms with Gasteiger partial charge in [-0.2, -0.15) is 10.4 Å². The fourth-order valence-corrected chi connectivity index (χ4v) is 6.12. The van der Waals surface area contributed by atoms with Gasteiger partial charge in [0.1, 0.15) is 0 Å². The lowest BCUT2D eigenvalue weighted by molar-refractivity contribution is -0.384. The SMILES string of the molecule is CCOC(=O)c1ccc([N+](=O)[O-])cc1-c1cc(C(=O)N(Cc2ccccc2C#N)c2ccc3cnn(C4CCCCO4)c3c2)c(C)n1C. The molecule has 48 heavy (non-hydrogen) atoms. The molecule has 0 spiro atoms.